The molecule has 0 saturated heterocycles. The summed E-state index contributed by atoms with van der Waals surface area (Å²) in [4.78, 5) is 1.90. The minimum Gasteiger partial charge on any atom is -0.346 e. The van der Waals surface area contributed by atoms with Gasteiger partial charge in [0.2, 0.25) is 0 Å². The zero-order valence-electron chi connectivity index (χ0n) is 7.79. The summed E-state index contributed by atoms with van der Waals surface area (Å²) in [5, 5.41) is 0. The van der Waals surface area contributed by atoms with Crippen molar-refractivity contribution < 1.29 is 0 Å². The molecule has 0 N–H and O–H groups in total. The molecule has 0 radical (unpaired) electrons. The molecular formula is C9H17NS. The second-order valence-corrected chi connectivity index (χ2v) is 3.45. The first-order valence-electron chi connectivity index (χ1n) is 3.87. The molecule has 0 aliphatic heterocycles. The molecule has 1 atom stereocenters. The number of thiocarbonyl (C=S) groups is 1. The van der Waals surface area contributed by atoms with Gasteiger partial charge in [-0.3, -0.25) is 0 Å². The van der Waals surface area contributed by atoms with Crippen LogP contribution in [0.25, 0.3) is 0 Å². The lowest BCUT2D eigenvalue weighted by Gasteiger charge is -2.24. The lowest BCUT2D eigenvalue weighted by Crippen LogP contribution is -2.21. The van der Waals surface area contributed by atoms with Gasteiger partial charge in [0.25, 0.3) is 0 Å². The van der Waals surface area contributed by atoms with E-state index >= 15 is 0 Å². The molecular weight excluding hydrogens is 154 g/mol. The van der Waals surface area contributed by atoms with Gasteiger partial charge < -0.3 is 4.90 Å². The Hall–Kier alpha value is -0.370. The van der Waals surface area contributed by atoms with Crippen molar-refractivity contribution in [3.05, 3.63) is 12.3 Å². The molecule has 0 aromatic heterocycles. The van der Waals surface area contributed by atoms with Crippen molar-refractivity contribution >= 4 is 17.7 Å². The highest BCUT2D eigenvalue weighted by atomic mass is 32.1. The predicted molar refractivity (Wildman–Crippen MR) is 54.6 cm³/mol. The summed E-state index contributed by atoms with van der Waals surface area (Å²) in [6.45, 7) is 10.5. The third kappa shape index (κ3) is 3.02. The highest BCUT2D eigenvalue weighted by molar-refractivity contribution is 7.78. The van der Waals surface area contributed by atoms with E-state index in [1.54, 1.807) is 5.49 Å². The summed E-state index contributed by atoms with van der Waals surface area (Å²) in [5.74, 6) is 1.12. The van der Waals surface area contributed by atoms with Crippen LogP contribution in [0.5, 0.6) is 0 Å². The van der Waals surface area contributed by atoms with Crippen LogP contribution in [0.2, 0.25) is 0 Å². The highest BCUT2D eigenvalue weighted by Crippen LogP contribution is 2.19. The molecule has 1 nitrogen and oxygen atoms in total. The Morgan fingerprint density at radius 1 is 1.45 bits per heavy atom. The molecule has 0 fully saturated rings. The van der Waals surface area contributed by atoms with Gasteiger partial charge in [-0.25, -0.2) is 0 Å². The summed E-state index contributed by atoms with van der Waals surface area (Å²) in [7, 11) is 1.94. The van der Waals surface area contributed by atoms with Crippen LogP contribution >= 0.6 is 12.2 Å². The Labute approximate surface area is 75.1 Å². The first-order chi connectivity index (χ1) is 5.00. The largest absolute Gasteiger partial charge is 0.346 e. The van der Waals surface area contributed by atoms with Gasteiger partial charge in [-0.2, -0.15) is 0 Å². The molecule has 0 aromatic rings. The van der Waals surface area contributed by atoms with Crippen LogP contribution in [0.4, 0.5) is 0 Å². The number of allylic oxidation sites excluding steroid dienone is 1. The van der Waals surface area contributed by atoms with E-state index in [4.69, 9.17) is 12.2 Å². The van der Waals surface area contributed by atoms with Crippen LogP contribution < -0.4 is 0 Å². The first kappa shape index (κ1) is 10.6. The Morgan fingerprint density at radius 3 is 2.18 bits per heavy atom. The summed E-state index contributed by atoms with van der Waals surface area (Å²) in [6, 6.07) is 0. The van der Waals surface area contributed by atoms with Gasteiger partial charge in [0, 0.05) is 12.7 Å². The molecule has 0 aromatic carbocycles. The van der Waals surface area contributed by atoms with Gasteiger partial charge >= 0.3 is 0 Å². The van der Waals surface area contributed by atoms with Crippen LogP contribution in [-0.4, -0.2) is 17.4 Å². The molecule has 2 heteroatoms. The van der Waals surface area contributed by atoms with Crippen LogP contribution in [-0.2, 0) is 0 Å². The summed E-state index contributed by atoms with van der Waals surface area (Å²) < 4.78 is 0. The molecule has 1 unspecified atom stereocenters. The third-order valence-corrected chi connectivity index (χ3v) is 2.45. The first-order valence-corrected chi connectivity index (χ1v) is 4.34. The van der Waals surface area contributed by atoms with Crippen molar-refractivity contribution in [1.82, 2.24) is 4.90 Å². The topological polar surface area (TPSA) is 3.24 Å². The van der Waals surface area contributed by atoms with Gasteiger partial charge in [0.05, 0.1) is 5.49 Å². The Morgan fingerprint density at radius 2 is 1.91 bits per heavy atom. The number of hydrogen-bond acceptors (Lipinski definition) is 1. The third-order valence-electron chi connectivity index (χ3n) is 2.14. The fourth-order valence-electron chi connectivity index (χ4n) is 0.774. The van der Waals surface area contributed by atoms with E-state index in [1.807, 2.05) is 11.9 Å². The minimum atomic E-state index is 0.499. The SMILES string of the molecule is C=C(C(C)C(C)C)N(C)C=S. The van der Waals surface area contributed by atoms with Gasteiger partial charge in [-0.05, 0) is 11.8 Å². The van der Waals surface area contributed by atoms with Crippen molar-refractivity contribution in [1.29, 1.82) is 0 Å². The summed E-state index contributed by atoms with van der Waals surface area (Å²) in [5.41, 5.74) is 2.72. The maximum Gasteiger partial charge on any atom is 0.0680 e. The maximum absolute atomic E-state index is 4.80. The zero-order valence-corrected chi connectivity index (χ0v) is 8.61. The van der Waals surface area contributed by atoms with Crippen molar-refractivity contribution in [2.45, 2.75) is 20.8 Å². The van der Waals surface area contributed by atoms with Crippen LogP contribution in [0.3, 0.4) is 0 Å². The van der Waals surface area contributed by atoms with Crippen molar-refractivity contribution in [2.75, 3.05) is 7.05 Å². The second kappa shape index (κ2) is 4.50. The number of nitrogens with zero attached hydrogens (tertiary/aromatic N) is 1. The van der Waals surface area contributed by atoms with E-state index in [1.165, 1.54) is 0 Å². The molecule has 0 amide bonds. The highest BCUT2D eigenvalue weighted by Gasteiger charge is 2.12. The van der Waals surface area contributed by atoms with E-state index in [0.29, 0.717) is 11.8 Å². The monoisotopic (exact) mass is 171 g/mol. The average Bonchev–Trinajstić information content (AvgIpc) is 2.00. The van der Waals surface area contributed by atoms with Gasteiger partial charge in [0.15, 0.2) is 0 Å². The summed E-state index contributed by atoms with van der Waals surface area (Å²) in [6.07, 6.45) is 0. The molecule has 0 saturated carbocycles. The lowest BCUT2D eigenvalue weighted by atomic mass is 9.95. The molecule has 0 heterocycles. The van der Waals surface area contributed by atoms with Crippen molar-refractivity contribution in [3.63, 3.8) is 0 Å². The average molecular weight is 171 g/mol. The normalized spacial score (nSPS) is 12.8. The van der Waals surface area contributed by atoms with E-state index in [9.17, 15) is 0 Å². The molecule has 0 spiro atoms. The fraction of sp³-hybridized carbons (Fsp3) is 0.667. The zero-order chi connectivity index (χ0) is 9.02. The number of rotatable bonds is 4. The van der Waals surface area contributed by atoms with Crippen LogP contribution in [0.1, 0.15) is 20.8 Å². The van der Waals surface area contributed by atoms with E-state index in [0.717, 1.165) is 5.70 Å². The number of hydrogen-bond donors (Lipinski definition) is 0. The van der Waals surface area contributed by atoms with Gasteiger partial charge in [0.1, 0.15) is 0 Å². The Balaban J connectivity index is 4.12. The molecule has 0 aliphatic carbocycles. The molecule has 0 rings (SSSR count). The smallest absolute Gasteiger partial charge is 0.0680 e. The van der Waals surface area contributed by atoms with E-state index in [-0.39, 0.29) is 0 Å². The standard InChI is InChI=1S/C9H17NS/c1-7(2)8(3)9(4)10(5)6-11/h6-8H,4H2,1-3,5H3. The molecule has 0 bridgehead atoms. The fourth-order valence-corrected chi connectivity index (χ4v) is 0.909. The lowest BCUT2D eigenvalue weighted by molar-refractivity contribution is 0.413. The van der Waals surface area contributed by atoms with E-state index in [2.05, 4.69) is 27.4 Å². The molecule has 0 aliphatic rings. The molecule has 64 valence electrons. The minimum absolute atomic E-state index is 0.499. The van der Waals surface area contributed by atoms with Crippen molar-refractivity contribution in [2.24, 2.45) is 11.8 Å². The van der Waals surface area contributed by atoms with E-state index < -0.39 is 0 Å². The van der Waals surface area contributed by atoms with Crippen LogP contribution in [0, 0.1) is 11.8 Å². The van der Waals surface area contributed by atoms with Gasteiger partial charge in [-0.1, -0.05) is 39.6 Å². The predicted octanol–water partition coefficient (Wildman–Crippen LogP) is 2.68. The van der Waals surface area contributed by atoms with Crippen LogP contribution in [0.15, 0.2) is 12.3 Å². The Kier molecular flexibility index (Phi) is 4.34. The Bertz CT molecular complexity index is 152. The second-order valence-electron chi connectivity index (χ2n) is 3.24. The quantitative estimate of drug-likeness (QED) is 0.598. The molecule has 11 heavy (non-hydrogen) atoms. The summed E-state index contributed by atoms with van der Waals surface area (Å²) >= 11 is 4.80. The maximum atomic E-state index is 4.80. The van der Waals surface area contributed by atoms with Gasteiger partial charge in [-0.15, -0.1) is 0 Å². The van der Waals surface area contributed by atoms with Crippen molar-refractivity contribution in [3.8, 4) is 0 Å².